The Morgan fingerprint density at radius 1 is 0.667 bits per heavy atom. The largest absolute Gasteiger partial charge is 0.534 e. The highest BCUT2D eigenvalue weighted by Gasteiger charge is 2.48. The molecule has 3 nitrogen and oxygen atoms in total. The molecule has 0 saturated carbocycles. The predicted octanol–water partition coefficient (Wildman–Crippen LogP) is 6.40. The van der Waals surface area contributed by atoms with E-state index in [-0.39, 0.29) is 11.3 Å². The van der Waals surface area contributed by atoms with Crippen LogP contribution in [0.25, 0.3) is 33.0 Å². The molecule has 0 aliphatic heterocycles. The summed E-state index contributed by atoms with van der Waals surface area (Å²) in [5.74, 6) is -0.385. The van der Waals surface area contributed by atoms with E-state index in [2.05, 4.69) is 4.18 Å². The molecule has 7 heteroatoms. The van der Waals surface area contributed by atoms with Gasteiger partial charge in [0.2, 0.25) is 0 Å². The van der Waals surface area contributed by atoms with Crippen LogP contribution in [0.2, 0.25) is 0 Å². The average molecular weight is 428 g/mol. The van der Waals surface area contributed by atoms with Crippen LogP contribution < -0.4 is 4.18 Å². The normalized spacial score (nSPS) is 12.1. The summed E-state index contributed by atoms with van der Waals surface area (Å²) in [5, 5.41) is 1.81. The Morgan fingerprint density at radius 3 is 2.03 bits per heavy atom. The number of alkyl halides is 3. The van der Waals surface area contributed by atoms with Gasteiger partial charge in [0.15, 0.2) is 5.75 Å². The molecule has 30 heavy (non-hydrogen) atoms. The molecule has 152 valence electrons. The zero-order valence-corrected chi connectivity index (χ0v) is 16.2. The number of halogens is 3. The van der Waals surface area contributed by atoms with Crippen molar-refractivity contribution in [3.05, 3.63) is 91.0 Å². The van der Waals surface area contributed by atoms with Gasteiger partial charge in [-0.15, -0.1) is 0 Å². The minimum absolute atomic E-state index is 0.266. The highest BCUT2D eigenvalue weighted by atomic mass is 32.2. The molecule has 4 aromatic carbocycles. The van der Waals surface area contributed by atoms with Gasteiger partial charge in [-0.3, -0.25) is 0 Å². The van der Waals surface area contributed by atoms with Gasteiger partial charge in [0, 0.05) is 5.56 Å². The zero-order chi connectivity index (χ0) is 21.4. The first-order valence-electron chi connectivity index (χ1n) is 8.95. The van der Waals surface area contributed by atoms with E-state index >= 15 is 0 Å². The SMILES string of the molecule is O=S(=O)(Oc1cccc(-c2ccccc2)c1-c1ccc2ccccc2c1)C(F)(F)F. The maximum absolute atomic E-state index is 13.0. The first-order chi connectivity index (χ1) is 14.3. The second-order valence-corrected chi connectivity index (χ2v) is 8.13. The molecule has 0 aliphatic carbocycles. The Labute approximate surface area is 171 Å². The Balaban J connectivity index is 1.97. The van der Waals surface area contributed by atoms with Crippen LogP contribution in [0.1, 0.15) is 0 Å². The Bertz CT molecular complexity index is 1310. The van der Waals surface area contributed by atoms with Crippen LogP contribution in [0.3, 0.4) is 0 Å². The molecule has 0 amide bonds. The van der Waals surface area contributed by atoms with Gasteiger partial charge in [0.1, 0.15) is 0 Å². The lowest BCUT2D eigenvalue weighted by Crippen LogP contribution is -2.28. The van der Waals surface area contributed by atoms with Crippen molar-refractivity contribution in [3.8, 4) is 28.0 Å². The standard InChI is InChI=1S/C23H15F3O3S/c24-23(25,26)30(27,28)29-21-12-6-11-20(17-8-2-1-3-9-17)22(21)19-14-13-16-7-4-5-10-18(16)15-19/h1-15H. The molecule has 0 aliphatic rings. The molecule has 0 spiro atoms. The van der Waals surface area contributed by atoms with Gasteiger partial charge in [0.25, 0.3) is 0 Å². The number of rotatable bonds is 4. The van der Waals surface area contributed by atoms with Crippen molar-refractivity contribution in [2.45, 2.75) is 5.51 Å². The zero-order valence-electron chi connectivity index (χ0n) is 15.4. The Morgan fingerprint density at radius 2 is 1.33 bits per heavy atom. The molecule has 4 aromatic rings. The fraction of sp³-hybridized carbons (Fsp3) is 0.0435. The highest BCUT2D eigenvalue weighted by Crippen LogP contribution is 2.42. The minimum Gasteiger partial charge on any atom is -0.375 e. The van der Waals surface area contributed by atoms with Gasteiger partial charge in [-0.2, -0.15) is 21.6 Å². The summed E-state index contributed by atoms with van der Waals surface area (Å²) >= 11 is 0. The lowest BCUT2D eigenvalue weighted by molar-refractivity contribution is -0.0499. The first-order valence-corrected chi connectivity index (χ1v) is 10.4. The molecule has 0 bridgehead atoms. The summed E-state index contributed by atoms with van der Waals surface area (Å²) in [6, 6.07) is 26.3. The van der Waals surface area contributed by atoms with Crippen molar-refractivity contribution in [1.82, 2.24) is 0 Å². The third-order valence-corrected chi connectivity index (χ3v) is 5.60. The lowest BCUT2D eigenvalue weighted by Gasteiger charge is -2.17. The van der Waals surface area contributed by atoms with Crippen molar-refractivity contribution in [3.63, 3.8) is 0 Å². The van der Waals surface area contributed by atoms with E-state index in [1.165, 1.54) is 12.1 Å². The summed E-state index contributed by atoms with van der Waals surface area (Å²) in [6.45, 7) is 0. The average Bonchev–Trinajstić information content (AvgIpc) is 2.73. The van der Waals surface area contributed by atoms with Crippen molar-refractivity contribution >= 4 is 20.9 Å². The van der Waals surface area contributed by atoms with E-state index in [0.717, 1.165) is 16.3 Å². The van der Waals surface area contributed by atoms with E-state index in [9.17, 15) is 21.6 Å². The van der Waals surface area contributed by atoms with Gasteiger partial charge >= 0.3 is 15.6 Å². The summed E-state index contributed by atoms with van der Waals surface area (Å²) in [4.78, 5) is 0. The van der Waals surface area contributed by atoms with Crippen LogP contribution in [-0.2, 0) is 10.1 Å². The van der Waals surface area contributed by atoms with Crippen LogP contribution in [-0.4, -0.2) is 13.9 Å². The van der Waals surface area contributed by atoms with Crippen LogP contribution in [0.5, 0.6) is 5.75 Å². The van der Waals surface area contributed by atoms with E-state index in [1.54, 1.807) is 42.5 Å². The fourth-order valence-corrected chi connectivity index (χ4v) is 3.74. The molecule has 0 N–H and O–H groups in total. The number of hydrogen-bond donors (Lipinski definition) is 0. The molecule has 0 unspecified atom stereocenters. The second kappa shape index (κ2) is 7.50. The van der Waals surface area contributed by atoms with Crippen molar-refractivity contribution in [2.75, 3.05) is 0 Å². The molecular formula is C23H15F3O3S. The predicted molar refractivity (Wildman–Crippen MR) is 110 cm³/mol. The van der Waals surface area contributed by atoms with Gasteiger partial charge in [-0.05, 0) is 39.6 Å². The summed E-state index contributed by atoms with van der Waals surface area (Å²) in [6.07, 6.45) is 0. The van der Waals surface area contributed by atoms with E-state index < -0.39 is 15.6 Å². The molecule has 0 atom stereocenters. The van der Waals surface area contributed by atoms with Crippen LogP contribution >= 0.6 is 0 Å². The quantitative estimate of drug-likeness (QED) is 0.279. The molecule has 4 rings (SSSR count). The molecule has 0 fully saturated rings. The maximum Gasteiger partial charge on any atom is 0.534 e. The third kappa shape index (κ3) is 3.76. The van der Waals surface area contributed by atoms with Gasteiger partial charge in [-0.25, -0.2) is 0 Å². The van der Waals surface area contributed by atoms with Gasteiger partial charge < -0.3 is 4.18 Å². The maximum atomic E-state index is 13.0. The third-order valence-electron chi connectivity index (χ3n) is 4.63. The van der Waals surface area contributed by atoms with Crippen LogP contribution in [0, 0.1) is 0 Å². The molecule has 0 aromatic heterocycles. The molecular weight excluding hydrogens is 413 g/mol. The van der Waals surface area contributed by atoms with Crippen LogP contribution in [0.4, 0.5) is 13.2 Å². The van der Waals surface area contributed by atoms with E-state index in [1.807, 2.05) is 36.4 Å². The van der Waals surface area contributed by atoms with Gasteiger partial charge in [-0.1, -0.05) is 78.9 Å². The fourth-order valence-electron chi connectivity index (χ4n) is 3.27. The van der Waals surface area contributed by atoms with Crippen molar-refractivity contribution in [2.24, 2.45) is 0 Å². The molecule has 0 radical (unpaired) electrons. The first kappa shape index (κ1) is 20.0. The van der Waals surface area contributed by atoms with Gasteiger partial charge in [0.05, 0.1) is 0 Å². The summed E-state index contributed by atoms with van der Waals surface area (Å²) < 4.78 is 66.9. The number of hydrogen-bond acceptors (Lipinski definition) is 3. The second-order valence-electron chi connectivity index (χ2n) is 6.59. The van der Waals surface area contributed by atoms with E-state index in [0.29, 0.717) is 11.1 Å². The molecule has 0 saturated heterocycles. The van der Waals surface area contributed by atoms with Crippen molar-refractivity contribution < 1.29 is 25.8 Å². The minimum atomic E-state index is -5.82. The topological polar surface area (TPSA) is 43.4 Å². The van der Waals surface area contributed by atoms with E-state index in [4.69, 9.17) is 0 Å². The summed E-state index contributed by atoms with van der Waals surface area (Å²) in [7, 11) is -5.82. The number of benzene rings is 4. The lowest BCUT2D eigenvalue weighted by atomic mass is 9.92. The monoisotopic (exact) mass is 428 g/mol. The number of fused-ring (bicyclic) bond motifs is 1. The smallest absolute Gasteiger partial charge is 0.375 e. The van der Waals surface area contributed by atoms with Crippen molar-refractivity contribution in [1.29, 1.82) is 0 Å². The molecule has 0 heterocycles. The van der Waals surface area contributed by atoms with Crippen LogP contribution in [0.15, 0.2) is 91.0 Å². The Kier molecular flexibility index (Phi) is 4.99. The highest BCUT2D eigenvalue weighted by molar-refractivity contribution is 7.88. The Hall–Kier alpha value is -3.32. The summed E-state index contributed by atoms with van der Waals surface area (Å²) in [5.41, 5.74) is -3.45.